The lowest BCUT2D eigenvalue weighted by atomic mass is 10.2. The summed E-state index contributed by atoms with van der Waals surface area (Å²) in [7, 11) is -3.56. The zero-order valence-corrected chi connectivity index (χ0v) is 10.9. The molecule has 2 rings (SSSR count). The molecule has 4 nitrogen and oxygen atoms in total. The highest BCUT2D eigenvalue weighted by Gasteiger charge is 2.18. The molecule has 0 saturated heterocycles. The molecule has 0 saturated carbocycles. The van der Waals surface area contributed by atoms with Gasteiger partial charge in [0.05, 0.1) is 4.90 Å². The lowest BCUT2D eigenvalue weighted by Crippen LogP contribution is -2.15. The monoisotopic (exact) mass is 265 g/mol. The van der Waals surface area contributed by atoms with Gasteiger partial charge in [0, 0.05) is 24.9 Å². The maximum absolute atomic E-state index is 12.4. The number of hydrogen-bond acceptors (Lipinski definition) is 3. The van der Waals surface area contributed by atoms with Crippen LogP contribution >= 0.6 is 0 Å². The average Bonchev–Trinajstić information content (AvgIpc) is 2.79. The van der Waals surface area contributed by atoms with Gasteiger partial charge >= 0.3 is 0 Å². The van der Waals surface area contributed by atoms with Crippen molar-refractivity contribution >= 4 is 10.0 Å². The summed E-state index contributed by atoms with van der Waals surface area (Å²) in [6, 6.07) is 10.1. The molecular formula is C13H15NO3S. The van der Waals surface area contributed by atoms with Crippen LogP contribution in [0.2, 0.25) is 0 Å². The molecule has 0 atom stereocenters. The SMILES string of the molecule is Cc1ccc(S(=O)(=O)n2cccc2CCO)cc1. The van der Waals surface area contributed by atoms with Crippen LogP contribution in [-0.4, -0.2) is 24.1 Å². The van der Waals surface area contributed by atoms with Crippen LogP contribution in [0, 0.1) is 6.92 Å². The van der Waals surface area contributed by atoms with E-state index in [4.69, 9.17) is 5.11 Å². The molecule has 2 aromatic rings. The molecule has 1 N–H and O–H groups in total. The number of nitrogens with zero attached hydrogens (tertiary/aromatic N) is 1. The maximum Gasteiger partial charge on any atom is 0.267 e. The Balaban J connectivity index is 2.48. The van der Waals surface area contributed by atoms with Gasteiger partial charge in [0.25, 0.3) is 10.0 Å². The molecule has 18 heavy (non-hydrogen) atoms. The Morgan fingerprint density at radius 1 is 1.17 bits per heavy atom. The molecule has 0 amide bonds. The van der Waals surface area contributed by atoms with E-state index >= 15 is 0 Å². The molecule has 96 valence electrons. The molecule has 5 heteroatoms. The van der Waals surface area contributed by atoms with E-state index in [0.29, 0.717) is 12.1 Å². The summed E-state index contributed by atoms with van der Waals surface area (Å²) in [5, 5.41) is 8.93. The summed E-state index contributed by atoms with van der Waals surface area (Å²) in [6.07, 6.45) is 1.82. The Morgan fingerprint density at radius 3 is 2.44 bits per heavy atom. The lowest BCUT2D eigenvalue weighted by molar-refractivity contribution is 0.298. The van der Waals surface area contributed by atoms with Crippen LogP contribution in [0.15, 0.2) is 47.5 Å². The van der Waals surface area contributed by atoms with Gasteiger partial charge in [0.2, 0.25) is 0 Å². The Labute approximate surface area is 107 Å². The van der Waals surface area contributed by atoms with Crippen LogP contribution in [0.5, 0.6) is 0 Å². The van der Waals surface area contributed by atoms with Gasteiger partial charge in [-0.1, -0.05) is 17.7 Å². The van der Waals surface area contributed by atoms with E-state index in [2.05, 4.69) is 0 Å². The van der Waals surface area contributed by atoms with E-state index in [9.17, 15) is 8.42 Å². The summed E-state index contributed by atoms with van der Waals surface area (Å²) < 4.78 is 26.0. The van der Waals surface area contributed by atoms with Crippen molar-refractivity contribution in [3.05, 3.63) is 53.9 Å². The van der Waals surface area contributed by atoms with E-state index in [1.807, 2.05) is 6.92 Å². The van der Waals surface area contributed by atoms with Crippen molar-refractivity contribution in [2.75, 3.05) is 6.61 Å². The van der Waals surface area contributed by atoms with E-state index < -0.39 is 10.0 Å². The highest BCUT2D eigenvalue weighted by atomic mass is 32.2. The fraction of sp³-hybridized carbons (Fsp3) is 0.231. The minimum atomic E-state index is -3.56. The third-order valence-electron chi connectivity index (χ3n) is 2.74. The van der Waals surface area contributed by atoms with Gasteiger partial charge in [-0.2, -0.15) is 0 Å². The Kier molecular flexibility index (Phi) is 3.54. The number of benzene rings is 1. The van der Waals surface area contributed by atoms with Crippen LogP contribution in [0.1, 0.15) is 11.3 Å². The van der Waals surface area contributed by atoms with E-state index in [0.717, 1.165) is 5.56 Å². The van der Waals surface area contributed by atoms with Crippen LogP contribution in [0.3, 0.4) is 0 Å². The third-order valence-corrected chi connectivity index (χ3v) is 4.48. The molecule has 0 fully saturated rings. The molecule has 1 heterocycles. The second kappa shape index (κ2) is 4.96. The van der Waals surface area contributed by atoms with Crippen molar-refractivity contribution < 1.29 is 13.5 Å². The van der Waals surface area contributed by atoms with Gasteiger partial charge < -0.3 is 5.11 Å². The number of rotatable bonds is 4. The van der Waals surface area contributed by atoms with E-state index in [1.54, 1.807) is 36.4 Å². The van der Waals surface area contributed by atoms with Gasteiger partial charge in [-0.25, -0.2) is 12.4 Å². The van der Waals surface area contributed by atoms with E-state index in [1.165, 1.54) is 10.2 Å². The Hall–Kier alpha value is -1.59. The zero-order valence-electron chi connectivity index (χ0n) is 10.1. The van der Waals surface area contributed by atoms with Gasteiger partial charge in [0.1, 0.15) is 0 Å². The standard InChI is InChI=1S/C13H15NO3S/c1-11-4-6-13(7-5-11)18(16,17)14-9-2-3-12(14)8-10-15/h2-7,9,15H,8,10H2,1H3. The first-order chi connectivity index (χ1) is 8.55. The molecule has 0 spiro atoms. The van der Waals surface area contributed by atoms with Gasteiger partial charge in [-0.15, -0.1) is 0 Å². The fourth-order valence-corrected chi connectivity index (χ4v) is 3.17. The Morgan fingerprint density at radius 2 is 1.83 bits per heavy atom. The average molecular weight is 265 g/mol. The predicted molar refractivity (Wildman–Crippen MR) is 69.0 cm³/mol. The van der Waals surface area contributed by atoms with Crippen LogP contribution < -0.4 is 0 Å². The van der Waals surface area contributed by atoms with Crippen molar-refractivity contribution in [2.24, 2.45) is 0 Å². The number of hydrogen-bond donors (Lipinski definition) is 1. The van der Waals surface area contributed by atoms with Crippen molar-refractivity contribution in [3.63, 3.8) is 0 Å². The van der Waals surface area contributed by atoms with Crippen LogP contribution in [-0.2, 0) is 16.4 Å². The van der Waals surface area contributed by atoms with Gasteiger partial charge in [-0.3, -0.25) is 0 Å². The molecular weight excluding hydrogens is 250 g/mol. The Bertz CT molecular complexity index is 627. The van der Waals surface area contributed by atoms with Crippen LogP contribution in [0.25, 0.3) is 0 Å². The first-order valence-corrected chi connectivity index (χ1v) is 7.09. The number of aromatic nitrogens is 1. The predicted octanol–water partition coefficient (Wildman–Crippen LogP) is 1.57. The third kappa shape index (κ3) is 2.32. The van der Waals surface area contributed by atoms with E-state index in [-0.39, 0.29) is 11.5 Å². The molecule has 1 aromatic heterocycles. The minimum Gasteiger partial charge on any atom is -0.396 e. The molecule has 0 aliphatic heterocycles. The van der Waals surface area contributed by atoms with Gasteiger partial charge in [0.15, 0.2) is 0 Å². The summed E-state index contributed by atoms with van der Waals surface area (Å²) in [5.41, 5.74) is 1.59. The largest absolute Gasteiger partial charge is 0.396 e. The zero-order chi connectivity index (χ0) is 13.2. The summed E-state index contributed by atoms with van der Waals surface area (Å²) >= 11 is 0. The number of aryl methyl sites for hydroxylation is 1. The van der Waals surface area contributed by atoms with Crippen LogP contribution in [0.4, 0.5) is 0 Å². The maximum atomic E-state index is 12.4. The normalized spacial score (nSPS) is 11.7. The van der Waals surface area contributed by atoms with Crippen molar-refractivity contribution in [1.82, 2.24) is 3.97 Å². The number of aliphatic hydroxyl groups is 1. The lowest BCUT2D eigenvalue weighted by Gasteiger charge is -2.10. The smallest absolute Gasteiger partial charge is 0.267 e. The minimum absolute atomic E-state index is 0.0760. The topological polar surface area (TPSA) is 59.3 Å². The molecule has 0 aliphatic rings. The summed E-state index contributed by atoms with van der Waals surface area (Å²) in [5.74, 6) is 0. The van der Waals surface area contributed by atoms with Crippen molar-refractivity contribution in [1.29, 1.82) is 0 Å². The first-order valence-electron chi connectivity index (χ1n) is 5.65. The molecule has 0 bridgehead atoms. The fourth-order valence-electron chi connectivity index (χ4n) is 1.77. The summed E-state index contributed by atoms with van der Waals surface area (Å²) in [4.78, 5) is 0.253. The first kappa shape index (κ1) is 12.9. The molecule has 0 unspecified atom stereocenters. The van der Waals surface area contributed by atoms with Crippen molar-refractivity contribution in [2.45, 2.75) is 18.2 Å². The number of aliphatic hydroxyl groups excluding tert-OH is 1. The highest BCUT2D eigenvalue weighted by Crippen LogP contribution is 2.17. The van der Waals surface area contributed by atoms with Crippen molar-refractivity contribution in [3.8, 4) is 0 Å². The highest BCUT2D eigenvalue weighted by molar-refractivity contribution is 7.90. The molecule has 1 aromatic carbocycles. The quantitative estimate of drug-likeness (QED) is 0.912. The molecule has 0 aliphatic carbocycles. The summed E-state index contributed by atoms with van der Waals surface area (Å²) in [6.45, 7) is 1.83. The second-order valence-corrected chi connectivity index (χ2v) is 5.90. The van der Waals surface area contributed by atoms with Gasteiger partial charge in [-0.05, 0) is 31.2 Å². The second-order valence-electron chi connectivity index (χ2n) is 4.09. The molecule has 0 radical (unpaired) electrons.